The van der Waals surface area contributed by atoms with Crippen molar-refractivity contribution in [3.05, 3.63) is 45.2 Å². The average Bonchev–Trinajstić information content (AvgIpc) is 2.60. The van der Waals surface area contributed by atoms with E-state index in [1.807, 2.05) is 19.1 Å². The van der Waals surface area contributed by atoms with Crippen molar-refractivity contribution in [2.75, 3.05) is 0 Å². The zero-order valence-corrected chi connectivity index (χ0v) is 16.2. The summed E-state index contributed by atoms with van der Waals surface area (Å²) < 4.78 is 0. The van der Waals surface area contributed by atoms with Crippen molar-refractivity contribution in [3.63, 3.8) is 0 Å². The Balaban J connectivity index is 1.37. The van der Waals surface area contributed by atoms with E-state index in [0.29, 0.717) is 12.1 Å². The molecule has 4 nitrogen and oxygen atoms in total. The summed E-state index contributed by atoms with van der Waals surface area (Å²) in [5.41, 5.74) is 3.62. The predicted octanol–water partition coefficient (Wildman–Crippen LogP) is 3.98. The summed E-state index contributed by atoms with van der Waals surface area (Å²) in [5, 5.41) is 4.15. The fraction of sp³-hybridized carbons (Fsp3) is 0.565. The molecule has 27 heavy (non-hydrogen) atoms. The maximum absolute atomic E-state index is 13.1. The number of carbonyl (C=O) groups excluding carboxylic acids is 1. The molecule has 2 aromatic rings. The fourth-order valence-electron chi connectivity index (χ4n) is 6.41. The molecule has 0 saturated heterocycles. The number of carbonyl (C=O) groups is 1. The molecular formula is C23H28N2O2. The molecular weight excluding hydrogens is 336 g/mol. The zero-order valence-electron chi connectivity index (χ0n) is 16.2. The highest BCUT2D eigenvalue weighted by molar-refractivity contribution is 5.84. The van der Waals surface area contributed by atoms with Gasteiger partial charge in [0.2, 0.25) is 5.91 Å². The van der Waals surface area contributed by atoms with E-state index in [1.54, 1.807) is 0 Å². The van der Waals surface area contributed by atoms with E-state index in [-0.39, 0.29) is 16.9 Å². The Morgan fingerprint density at radius 2 is 1.63 bits per heavy atom. The van der Waals surface area contributed by atoms with Gasteiger partial charge in [0.25, 0.3) is 5.56 Å². The molecule has 4 aliphatic carbocycles. The number of aromatic nitrogens is 1. The van der Waals surface area contributed by atoms with Crippen LogP contribution >= 0.6 is 0 Å². The monoisotopic (exact) mass is 364 g/mol. The minimum absolute atomic E-state index is 0.100. The van der Waals surface area contributed by atoms with E-state index >= 15 is 0 Å². The highest BCUT2D eigenvalue weighted by atomic mass is 16.2. The number of pyridine rings is 1. The van der Waals surface area contributed by atoms with Crippen molar-refractivity contribution in [1.29, 1.82) is 0 Å². The van der Waals surface area contributed by atoms with E-state index in [1.165, 1.54) is 30.4 Å². The molecule has 1 amide bonds. The number of fused-ring (bicyclic) bond motifs is 1. The van der Waals surface area contributed by atoms with Gasteiger partial charge in [0.05, 0.1) is 0 Å². The van der Waals surface area contributed by atoms with Gasteiger partial charge in [-0.3, -0.25) is 9.59 Å². The summed E-state index contributed by atoms with van der Waals surface area (Å²) in [6, 6.07) is 6.05. The van der Waals surface area contributed by atoms with E-state index < -0.39 is 0 Å². The number of hydrogen-bond donors (Lipinski definition) is 2. The van der Waals surface area contributed by atoms with Gasteiger partial charge >= 0.3 is 0 Å². The van der Waals surface area contributed by atoms with Gasteiger partial charge in [-0.05, 0) is 105 Å². The van der Waals surface area contributed by atoms with Crippen molar-refractivity contribution in [1.82, 2.24) is 10.3 Å². The first kappa shape index (κ1) is 17.0. The van der Waals surface area contributed by atoms with E-state index in [2.05, 4.69) is 23.3 Å². The third-order valence-corrected chi connectivity index (χ3v) is 7.49. The molecule has 4 fully saturated rings. The molecule has 6 rings (SSSR count). The fourth-order valence-corrected chi connectivity index (χ4v) is 6.41. The smallest absolute Gasteiger partial charge is 0.253 e. The van der Waals surface area contributed by atoms with Gasteiger partial charge in [-0.25, -0.2) is 0 Å². The minimum Gasteiger partial charge on any atom is -0.351 e. The predicted molar refractivity (Wildman–Crippen MR) is 106 cm³/mol. The van der Waals surface area contributed by atoms with Crippen LogP contribution in [0.4, 0.5) is 0 Å². The number of amides is 1. The number of hydrogen-bond acceptors (Lipinski definition) is 2. The Kier molecular flexibility index (Phi) is 3.75. The SMILES string of the molecule is Cc1cc2cc(CNC(=O)C34CC5CC(CC(C5)C3)C4)c(=O)[nH]c2cc1C. The second-order valence-electron chi connectivity index (χ2n) is 9.53. The van der Waals surface area contributed by atoms with Crippen LogP contribution in [0.2, 0.25) is 0 Å². The molecule has 1 aromatic carbocycles. The van der Waals surface area contributed by atoms with Gasteiger partial charge in [-0.15, -0.1) is 0 Å². The van der Waals surface area contributed by atoms with Crippen LogP contribution in [0.25, 0.3) is 10.9 Å². The molecule has 4 saturated carbocycles. The third kappa shape index (κ3) is 2.81. The largest absolute Gasteiger partial charge is 0.351 e. The number of benzene rings is 1. The molecule has 142 valence electrons. The van der Waals surface area contributed by atoms with Crippen molar-refractivity contribution in [3.8, 4) is 0 Å². The number of rotatable bonds is 3. The van der Waals surface area contributed by atoms with Gasteiger partial charge in [0.1, 0.15) is 0 Å². The third-order valence-electron chi connectivity index (χ3n) is 7.49. The van der Waals surface area contributed by atoms with Gasteiger partial charge in [0, 0.05) is 23.0 Å². The van der Waals surface area contributed by atoms with E-state index in [4.69, 9.17) is 0 Å². The number of nitrogens with one attached hydrogen (secondary N) is 2. The van der Waals surface area contributed by atoms with Gasteiger partial charge < -0.3 is 10.3 Å². The van der Waals surface area contributed by atoms with E-state index in [0.717, 1.165) is 47.9 Å². The summed E-state index contributed by atoms with van der Waals surface area (Å²) in [6.45, 7) is 4.44. The molecule has 1 heterocycles. The average molecular weight is 364 g/mol. The normalized spacial score (nSPS) is 31.4. The van der Waals surface area contributed by atoms with Crippen LogP contribution in [-0.4, -0.2) is 10.9 Å². The molecule has 0 spiro atoms. The Morgan fingerprint density at radius 1 is 1.04 bits per heavy atom. The summed E-state index contributed by atoms with van der Waals surface area (Å²) in [5.74, 6) is 2.42. The molecule has 4 heteroatoms. The van der Waals surface area contributed by atoms with Crippen LogP contribution in [0, 0.1) is 37.0 Å². The number of aryl methyl sites for hydroxylation is 2. The Hall–Kier alpha value is -2.10. The molecule has 2 N–H and O–H groups in total. The number of H-pyrrole nitrogens is 1. The lowest BCUT2D eigenvalue weighted by atomic mass is 9.49. The first-order valence-electron chi connectivity index (χ1n) is 10.3. The van der Waals surface area contributed by atoms with Crippen molar-refractivity contribution < 1.29 is 4.79 Å². The highest BCUT2D eigenvalue weighted by Gasteiger charge is 2.54. The first-order chi connectivity index (χ1) is 12.9. The van der Waals surface area contributed by atoms with Crippen molar-refractivity contribution in [2.45, 2.75) is 58.9 Å². The lowest BCUT2D eigenvalue weighted by Gasteiger charge is -2.55. The summed E-state index contributed by atoms with van der Waals surface area (Å²) >= 11 is 0. The first-order valence-corrected chi connectivity index (χ1v) is 10.3. The topological polar surface area (TPSA) is 62.0 Å². The lowest BCUT2D eigenvalue weighted by molar-refractivity contribution is -0.146. The standard InChI is InChI=1S/C23H28N2O2/c1-13-3-18-8-19(21(26)25-20(18)4-14(13)2)12-24-22(27)23-9-15-5-16(10-23)7-17(6-15)11-23/h3-4,8,15-17H,5-7,9-12H2,1-2H3,(H,24,27)(H,25,26). The van der Waals surface area contributed by atoms with Gasteiger partial charge in [-0.2, -0.15) is 0 Å². The zero-order chi connectivity index (χ0) is 18.8. The molecule has 1 aromatic heterocycles. The van der Waals surface area contributed by atoms with Crippen molar-refractivity contribution in [2.24, 2.45) is 23.2 Å². The van der Waals surface area contributed by atoms with Crippen LogP contribution < -0.4 is 10.9 Å². The molecule has 4 bridgehead atoms. The maximum Gasteiger partial charge on any atom is 0.253 e. The summed E-state index contributed by atoms with van der Waals surface area (Å²) in [6.07, 6.45) is 7.15. The van der Waals surface area contributed by atoms with E-state index in [9.17, 15) is 9.59 Å². The quantitative estimate of drug-likeness (QED) is 0.865. The Labute approximate surface area is 159 Å². The van der Waals surface area contributed by atoms with Crippen LogP contribution in [0.15, 0.2) is 23.0 Å². The van der Waals surface area contributed by atoms with Crippen LogP contribution in [0.3, 0.4) is 0 Å². The summed E-state index contributed by atoms with van der Waals surface area (Å²) in [4.78, 5) is 28.6. The molecule has 0 radical (unpaired) electrons. The minimum atomic E-state index is -0.161. The van der Waals surface area contributed by atoms with Crippen LogP contribution in [0.5, 0.6) is 0 Å². The van der Waals surface area contributed by atoms with Crippen molar-refractivity contribution >= 4 is 16.8 Å². The number of aromatic amines is 1. The van der Waals surface area contributed by atoms with Gasteiger partial charge in [-0.1, -0.05) is 0 Å². The summed E-state index contributed by atoms with van der Waals surface area (Å²) in [7, 11) is 0. The second-order valence-corrected chi connectivity index (χ2v) is 9.53. The highest BCUT2D eigenvalue weighted by Crippen LogP contribution is 2.60. The lowest BCUT2D eigenvalue weighted by Crippen LogP contribution is -2.53. The molecule has 0 aliphatic heterocycles. The van der Waals surface area contributed by atoms with Crippen LogP contribution in [0.1, 0.15) is 55.2 Å². The Bertz CT molecular complexity index is 952. The molecule has 0 unspecified atom stereocenters. The second kappa shape index (κ2) is 5.95. The maximum atomic E-state index is 13.1. The molecule has 0 atom stereocenters. The van der Waals surface area contributed by atoms with Gasteiger partial charge in [0.15, 0.2) is 0 Å². The molecule has 4 aliphatic rings. The Morgan fingerprint density at radius 3 is 2.26 bits per heavy atom. The van der Waals surface area contributed by atoms with Crippen LogP contribution in [-0.2, 0) is 11.3 Å².